The molecule has 0 spiro atoms. The molecule has 7 heteroatoms. The summed E-state index contributed by atoms with van der Waals surface area (Å²) >= 11 is 0. The summed E-state index contributed by atoms with van der Waals surface area (Å²) in [5.74, 6) is 0.451. The smallest absolute Gasteiger partial charge is 0.407 e. The van der Waals surface area contributed by atoms with E-state index in [1.165, 1.54) is 0 Å². The van der Waals surface area contributed by atoms with E-state index in [9.17, 15) is 4.79 Å². The van der Waals surface area contributed by atoms with Crippen molar-refractivity contribution < 1.29 is 9.53 Å². The van der Waals surface area contributed by atoms with Crippen LogP contribution in [0.2, 0.25) is 0 Å². The molecule has 23 heavy (non-hydrogen) atoms. The predicted molar refractivity (Wildman–Crippen MR) is 88.0 cm³/mol. The summed E-state index contributed by atoms with van der Waals surface area (Å²) in [6.07, 6.45) is 5.27. The lowest BCUT2D eigenvalue weighted by Crippen LogP contribution is -2.47. The predicted octanol–water partition coefficient (Wildman–Crippen LogP) is 1.90. The van der Waals surface area contributed by atoms with Crippen LogP contribution in [0.1, 0.15) is 40.5 Å². The number of likely N-dealkylation sites (tertiary alicyclic amines) is 1. The Morgan fingerprint density at radius 2 is 2.22 bits per heavy atom. The van der Waals surface area contributed by atoms with E-state index in [0.29, 0.717) is 5.92 Å². The Hall–Kier alpha value is -1.63. The van der Waals surface area contributed by atoms with Crippen molar-refractivity contribution in [1.82, 2.24) is 25.0 Å². The SMILES string of the molecule is C[C@H](NC(=O)OC(C)(C)C)[C@H]1CCCN(CCn2cncn2)C1. The molecule has 2 heterocycles. The Kier molecular flexibility index (Phi) is 5.98. The lowest BCUT2D eigenvalue weighted by Gasteiger charge is -2.36. The summed E-state index contributed by atoms with van der Waals surface area (Å²) in [6.45, 7) is 11.6. The maximum Gasteiger partial charge on any atom is 0.407 e. The maximum absolute atomic E-state index is 11.9. The van der Waals surface area contributed by atoms with Crippen LogP contribution in [0.4, 0.5) is 4.79 Å². The molecule has 0 radical (unpaired) electrons. The van der Waals surface area contributed by atoms with Crippen molar-refractivity contribution in [2.75, 3.05) is 19.6 Å². The Morgan fingerprint density at radius 1 is 1.43 bits per heavy atom. The lowest BCUT2D eigenvalue weighted by molar-refractivity contribution is 0.0467. The van der Waals surface area contributed by atoms with Gasteiger partial charge in [0, 0.05) is 19.1 Å². The van der Waals surface area contributed by atoms with Gasteiger partial charge in [0.1, 0.15) is 18.3 Å². The van der Waals surface area contributed by atoms with Gasteiger partial charge in [-0.2, -0.15) is 5.10 Å². The van der Waals surface area contributed by atoms with Gasteiger partial charge in [-0.1, -0.05) is 0 Å². The number of hydrogen-bond donors (Lipinski definition) is 1. The van der Waals surface area contributed by atoms with Crippen LogP contribution in [0.15, 0.2) is 12.7 Å². The van der Waals surface area contributed by atoms with Crippen LogP contribution in [0.3, 0.4) is 0 Å². The average molecular weight is 323 g/mol. The second-order valence-corrected chi connectivity index (χ2v) is 7.30. The molecule has 1 aromatic heterocycles. The first kappa shape index (κ1) is 17.7. The average Bonchev–Trinajstić information content (AvgIpc) is 2.96. The van der Waals surface area contributed by atoms with Crippen molar-refractivity contribution in [2.24, 2.45) is 5.92 Å². The van der Waals surface area contributed by atoms with E-state index in [0.717, 1.165) is 39.0 Å². The standard InChI is InChI=1S/C16H29N5O2/c1-13(19-15(22)23-16(2,3)4)14-6-5-7-20(10-14)8-9-21-12-17-11-18-21/h11-14H,5-10H2,1-4H3,(H,19,22)/t13-,14-/m0/s1. The molecular formula is C16H29N5O2. The van der Waals surface area contributed by atoms with E-state index < -0.39 is 5.60 Å². The van der Waals surface area contributed by atoms with Crippen LogP contribution in [0, 0.1) is 5.92 Å². The summed E-state index contributed by atoms with van der Waals surface area (Å²) in [7, 11) is 0. The molecule has 1 fully saturated rings. The molecule has 0 aliphatic carbocycles. The number of hydrogen-bond acceptors (Lipinski definition) is 5. The van der Waals surface area contributed by atoms with Gasteiger partial charge >= 0.3 is 6.09 Å². The normalized spacial score (nSPS) is 21.0. The molecule has 0 saturated carbocycles. The third-order valence-electron chi connectivity index (χ3n) is 4.11. The number of alkyl carbamates (subject to hydrolysis) is 1. The van der Waals surface area contributed by atoms with Crippen LogP contribution in [0.5, 0.6) is 0 Å². The van der Waals surface area contributed by atoms with E-state index in [1.54, 1.807) is 12.7 Å². The molecule has 2 rings (SSSR count). The molecule has 1 aromatic rings. The molecule has 1 aliphatic rings. The first-order valence-corrected chi connectivity index (χ1v) is 8.38. The molecule has 0 aromatic carbocycles. The minimum absolute atomic E-state index is 0.110. The van der Waals surface area contributed by atoms with E-state index in [-0.39, 0.29) is 12.1 Å². The summed E-state index contributed by atoms with van der Waals surface area (Å²) in [5, 5.41) is 7.11. The monoisotopic (exact) mass is 323 g/mol. The van der Waals surface area contributed by atoms with Crippen molar-refractivity contribution in [2.45, 2.75) is 58.7 Å². The van der Waals surface area contributed by atoms with E-state index in [1.807, 2.05) is 25.5 Å². The minimum Gasteiger partial charge on any atom is -0.444 e. The van der Waals surface area contributed by atoms with Crippen LogP contribution in [-0.4, -0.2) is 57.0 Å². The number of carbonyl (C=O) groups excluding carboxylic acids is 1. The lowest BCUT2D eigenvalue weighted by atomic mass is 9.91. The minimum atomic E-state index is -0.458. The quantitative estimate of drug-likeness (QED) is 0.896. The summed E-state index contributed by atoms with van der Waals surface area (Å²) in [4.78, 5) is 18.3. The highest BCUT2D eigenvalue weighted by Gasteiger charge is 2.27. The fourth-order valence-electron chi connectivity index (χ4n) is 2.91. The van der Waals surface area contributed by atoms with Crippen molar-refractivity contribution >= 4 is 6.09 Å². The first-order chi connectivity index (χ1) is 10.8. The van der Waals surface area contributed by atoms with E-state index >= 15 is 0 Å². The van der Waals surface area contributed by atoms with Gasteiger partial charge in [0.15, 0.2) is 0 Å². The highest BCUT2D eigenvalue weighted by Crippen LogP contribution is 2.20. The maximum atomic E-state index is 11.9. The molecule has 1 aliphatic heterocycles. The highest BCUT2D eigenvalue weighted by molar-refractivity contribution is 5.68. The van der Waals surface area contributed by atoms with Gasteiger partial charge in [0.05, 0.1) is 6.54 Å². The zero-order valence-electron chi connectivity index (χ0n) is 14.7. The Morgan fingerprint density at radius 3 is 2.87 bits per heavy atom. The van der Waals surface area contributed by atoms with Gasteiger partial charge in [0.2, 0.25) is 0 Å². The summed E-state index contributed by atoms with van der Waals surface area (Å²) in [5.41, 5.74) is -0.458. The molecule has 7 nitrogen and oxygen atoms in total. The molecule has 2 atom stereocenters. The highest BCUT2D eigenvalue weighted by atomic mass is 16.6. The Labute approximate surface area is 138 Å². The number of aromatic nitrogens is 3. The molecule has 0 unspecified atom stereocenters. The number of carbonyl (C=O) groups is 1. The van der Waals surface area contributed by atoms with Crippen LogP contribution in [0.25, 0.3) is 0 Å². The molecule has 1 amide bonds. The molecular weight excluding hydrogens is 294 g/mol. The zero-order valence-corrected chi connectivity index (χ0v) is 14.7. The zero-order chi connectivity index (χ0) is 16.9. The van der Waals surface area contributed by atoms with Crippen molar-refractivity contribution in [3.8, 4) is 0 Å². The number of rotatable bonds is 5. The topological polar surface area (TPSA) is 72.3 Å². The number of nitrogens with zero attached hydrogens (tertiary/aromatic N) is 4. The molecule has 0 bridgehead atoms. The fraction of sp³-hybridized carbons (Fsp3) is 0.812. The van der Waals surface area contributed by atoms with E-state index in [4.69, 9.17) is 4.74 Å². The number of amides is 1. The first-order valence-electron chi connectivity index (χ1n) is 8.38. The second kappa shape index (κ2) is 7.77. The van der Waals surface area contributed by atoms with Gasteiger partial charge < -0.3 is 15.0 Å². The van der Waals surface area contributed by atoms with Gasteiger partial charge in [-0.05, 0) is 53.0 Å². The van der Waals surface area contributed by atoms with Gasteiger partial charge in [-0.3, -0.25) is 4.68 Å². The summed E-state index contributed by atoms with van der Waals surface area (Å²) in [6, 6.07) is 0.110. The van der Waals surface area contributed by atoms with Gasteiger partial charge in [-0.15, -0.1) is 0 Å². The third-order valence-corrected chi connectivity index (χ3v) is 4.11. The van der Waals surface area contributed by atoms with E-state index in [2.05, 4.69) is 27.2 Å². The Balaban J connectivity index is 1.76. The molecule has 130 valence electrons. The van der Waals surface area contributed by atoms with Crippen molar-refractivity contribution in [1.29, 1.82) is 0 Å². The van der Waals surface area contributed by atoms with Crippen molar-refractivity contribution in [3.05, 3.63) is 12.7 Å². The fourth-order valence-corrected chi connectivity index (χ4v) is 2.91. The number of nitrogens with one attached hydrogen (secondary N) is 1. The number of piperidine rings is 1. The summed E-state index contributed by atoms with van der Waals surface area (Å²) < 4.78 is 7.19. The van der Waals surface area contributed by atoms with Crippen LogP contribution in [-0.2, 0) is 11.3 Å². The van der Waals surface area contributed by atoms with Crippen molar-refractivity contribution in [3.63, 3.8) is 0 Å². The Bertz CT molecular complexity index is 483. The number of ether oxygens (including phenoxy) is 1. The van der Waals surface area contributed by atoms with Gasteiger partial charge in [0.25, 0.3) is 0 Å². The second-order valence-electron chi connectivity index (χ2n) is 7.30. The largest absolute Gasteiger partial charge is 0.444 e. The molecule has 1 saturated heterocycles. The van der Waals surface area contributed by atoms with Crippen LogP contribution < -0.4 is 5.32 Å². The van der Waals surface area contributed by atoms with Crippen LogP contribution >= 0.6 is 0 Å². The van der Waals surface area contributed by atoms with Gasteiger partial charge in [-0.25, -0.2) is 9.78 Å². The molecule has 1 N–H and O–H groups in total. The third kappa shape index (κ3) is 6.17.